The summed E-state index contributed by atoms with van der Waals surface area (Å²) in [5.74, 6) is 0.479. The molecule has 3 fully saturated rings. The second-order valence-electron chi connectivity index (χ2n) is 11.0. The predicted molar refractivity (Wildman–Crippen MR) is 117 cm³/mol. The summed E-state index contributed by atoms with van der Waals surface area (Å²) in [4.78, 5) is 23.0. The molecule has 168 valence electrons. The number of ether oxygens (including phenoxy) is 2. The number of allylic oxidation sites excluding steroid dienone is 1. The maximum Gasteiger partial charge on any atom is 0.302 e. The predicted octanol–water partition coefficient (Wildman–Crippen LogP) is 4.40. The molecule has 3 saturated carbocycles. The highest BCUT2D eigenvalue weighted by atomic mass is 79.9. The van der Waals surface area contributed by atoms with Crippen LogP contribution in [0, 0.1) is 34.0 Å². The number of hydrogen-bond donors (Lipinski definition) is 1. The molecule has 0 spiro atoms. The third-order valence-corrected chi connectivity index (χ3v) is 10.3. The van der Waals surface area contributed by atoms with Crippen LogP contribution in [0.3, 0.4) is 0 Å². The lowest BCUT2D eigenvalue weighted by Gasteiger charge is -2.58. The van der Waals surface area contributed by atoms with E-state index in [1.165, 1.54) is 19.4 Å². The summed E-state index contributed by atoms with van der Waals surface area (Å²) in [6.45, 7) is 10.2. The lowest BCUT2D eigenvalue weighted by molar-refractivity contribution is -0.156. The van der Waals surface area contributed by atoms with Crippen molar-refractivity contribution in [2.24, 2.45) is 34.0 Å². The number of carbonyl (C=O) groups is 2. The van der Waals surface area contributed by atoms with Crippen LogP contribution >= 0.6 is 15.9 Å². The number of esters is 2. The Kier molecular flexibility index (Phi) is 5.45. The summed E-state index contributed by atoms with van der Waals surface area (Å²) in [7, 11) is 0. The Morgan fingerprint density at radius 1 is 1.20 bits per heavy atom. The number of aliphatic hydroxyl groups excluding tert-OH is 1. The van der Waals surface area contributed by atoms with Crippen molar-refractivity contribution in [1.29, 1.82) is 0 Å². The van der Waals surface area contributed by atoms with Gasteiger partial charge in [0.15, 0.2) is 0 Å². The van der Waals surface area contributed by atoms with E-state index in [1.807, 2.05) is 0 Å². The average molecular weight is 483 g/mol. The smallest absolute Gasteiger partial charge is 0.302 e. The molecule has 0 aromatic carbocycles. The van der Waals surface area contributed by atoms with Gasteiger partial charge in [-0.15, -0.1) is 0 Å². The van der Waals surface area contributed by atoms with Crippen molar-refractivity contribution >= 4 is 27.9 Å². The van der Waals surface area contributed by atoms with E-state index in [-0.39, 0.29) is 51.1 Å². The summed E-state index contributed by atoms with van der Waals surface area (Å²) in [5, 5.41) is 11.2. The summed E-state index contributed by atoms with van der Waals surface area (Å²) < 4.78 is 11.0. The molecule has 0 saturated heterocycles. The lowest BCUT2D eigenvalue weighted by Crippen LogP contribution is -2.55. The van der Waals surface area contributed by atoms with Crippen molar-refractivity contribution in [1.82, 2.24) is 0 Å². The molecule has 30 heavy (non-hydrogen) atoms. The molecular weight excluding hydrogens is 448 g/mol. The van der Waals surface area contributed by atoms with Crippen LogP contribution in [0.15, 0.2) is 11.6 Å². The van der Waals surface area contributed by atoms with E-state index >= 15 is 0 Å². The zero-order chi connectivity index (χ0) is 22.1. The van der Waals surface area contributed by atoms with E-state index in [4.69, 9.17) is 9.47 Å². The highest BCUT2D eigenvalue weighted by Gasteiger charge is 2.70. The van der Waals surface area contributed by atoms with E-state index in [0.717, 1.165) is 32.1 Å². The molecule has 0 aromatic heterocycles. The van der Waals surface area contributed by atoms with Crippen LogP contribution in [-0.4, -0.2) is 40.7 Å². The van der Waals surface area contributed by atoms with Crippen LogP contribution in [0.1, 0.15) is 66.7 Å². The largest absolute Gasteiger partial charge is 0.465 e. The minimum atomic E-state index is -0.356. The van der Waals surface area contributed by atoms with Crippen molar-refractivity contribution in [2.75, 3.05) is 6.61 Å². The summed E-state index contributed by atoms with van der Waals surface area (Å²) >= 11 is 3.76. The van der Waals surface area contributed by atoms with Gasteiger partial charge in [-0.25, -0.2) is 0 Å². The fraction of sp³-hybridized carbons (Fsp3) is 0.833. The molecule has 9 atom stereocenters. The topological polar surface area (TPSA) is 72.8 Å². The van der Waals surface area contributed by atoms with Crippen LogP contribution < -0.4 is 0 Å². The first-order valence-electron chi connectivity index (χ1n) is 11.2. The van der Waals surface area contributed by atoms with E-state index in [0.29, 0.717) is 18.4 Å². The van der Waals surface area contributed by atoms with Gasteiger partial charge in [0, 0.05) is 25.7 Å². The fourth-order valence-electron chi connectivity index (χ4n) is 7.23. The fourth-order valence-corrected chi connectivity index (χ4v) is 7.74. The molecule has 6 heteroatoms. The second kappa shape index (κ2) is 7.33. The molecule has 0 aromatic rings. The molecule has 0 bridgehead atoms. The quantitative estimate of drug-likeness (QED) is 0.365. The van der Waals surface area contributed by atoms with Crippen molar-refractivity contribution < 1.29 is 24.2 Å². The van der Waals surface area contributed by atoms with Gasteiger partial charge in [-0.3, -0.25) is 9.59 Å². The average Bonchev–Trinajstić information content (AvgIpc) is 3.34. The number of alkyl halides is 1. The van der Waals surface area contributed by atoms with Crippen LogP contribution in [-0.2, 0) is 19.1 Å². The standard InChI is InChI=1S/C24H35BrO5/c1-13(26)29-12-21(25)22(3)7-6-16-15(9-22)18(28)8-20-23(4)10-17(23)19(30-14(2)27)11-24(16,20)5/h6,15,17-21,28H,7-12H2,1-5H3/t15-,17+,18-,19-,20-,21-,22+,23+,24+/m0/s1. The molecule has 0 amide bonds. The van der Waals surface area contributed by atoms with Gasteiger partial charge in [-0.05, 0) is 54.3 Å². The van der Waals surface area contributed by atoms with Crippen molar-refractivity contribution in [3.8, 4) is 0 Å². The maximum atomic E-state index is 11.7. The normalized spacial score (nSPS) is 47.7. The van der Waals surface area contributed by atoms with Gasteiger partial charge in [-0.1, -0.05) is 48.4 Å². The molecule has 5 nitrogen and oxygen atoms in total. The van der Waals surface area contributed by atoms with Gasteiger partial charge in [0.05, 0.1) is 10.9 Å². The first-order chi connectivity index (χ1) is 13.9. The van der Waals surface area contributed by atoms with Crippen molar-refractivity contribution in [2.45, 2.75) is 83.8 Å². The molecular formula is C24H35BrO5. The Hall–Kier alpha value is -0.880. The maximum absolute atomic E-state index is 11.7. The number of hydrogen-bond acceptors (Lipinski definition) is 5. The molecule has 4 aliphatic rings. The Morgan fingerprint density at radius 3 is 2.53 bits per heavy atom. The van der Waals surface area contributed by atoms with Gasteiger partial charge in [0.1, 0.15) is 12.7 Å². The zero-order valence-electron chi connectivity index (χ0n) is 18.7. The monoisotopic (exact) mass is 482 g/mol. The Labute approximate surface area is 188 Å². The Balaban J connectivity index is 1.62. The molecule has 1 N–H and O–H groups in total. The Morgan fingerprint density at radius 2 is 1.90 bits per heavy atom. The number of halogens is 1. The van der Waals surface area contributed by atoms with E-state index in [9.17, 15) is 14.7 Å². The Bertz CT molecular complexity index is 780. The third kappa shape index (κ3) is 3.46. The second-order valence-corrected chi connectivity index (χ2v) is 12.1. The minimum absolute atomic E-state index is 0.0215. The van der Waals surface area contributed by atoms with Gasteiger partial charge in [0.25, 0.3) is 0 Å². The SMILES string of the molecule is CC(=O)OC[C@H](Br)[C@]1(C)CC=C2[C@H](C1)[C@@H](O)C[C@H]1[C@]3(C)C[C@@H]3[C@@H](OC(C)=O)C[C@]21C. The summed E-state index contributed by atoms with van der Waals surface area (Å²) in [5.41, 5.74) is 1.36. The lowest BCUT2D eigenvalue weighted by atomic mass is 9.48. The van der Waals surface area contributed by atoms with Crippen molar-refractivity contribution in [3.63, 3.8) is 0 Å². The molecule has 0 radical (unpaired) electrons. The molecule has 0 heterocycles. The van der Waals surface area contributed by atoms with E-state index in [1.54, 1.807) is 0 Å². The molecule has 0 unspecified atom stereocenters. The van der Waals surface area contributed by atoms with Gasteiger partial charge < -0.3 is 14.6 Å². The molecule has 0 aliphatic heterocycles. The number of aliphatic hydroxyl groups is 1. The minimum Gasteiger partial charge on any atom is -0.465 e. The number of rotatable bonds is 4. The van der Waals surface area contributed by atoms with Gasteiger partial charge in [-0.2, -0.15) is 0 Å². The van der Waals surface area contributed by atoms with Crippen molar-refractivity contribution in [3.05, 3.63) is 11.6 Å². The summed E-state index contributed by atoms with van der Waals surface area (Å²) in [6, 6.07) is 0. The van der Waals surface area contributed by atoms with Crippen LogP contribution in [0.25, 0.3) is 0 Å². The van der Waals surface area contributed by atoms with Crippen LogP contribution in [0.5, 0.6) is 0 Å². The molecule has 4 rings (SSSR count). The number of carbonyl (C=O) groups excluding carboxylic acids is 2. The summed E-state index contributed by atoms with van der Waals surface area (Å²) in [6.07, 6.45) is 6.46. The van der Waals surface area contributed by atoms with E-state index < -0.39 is 0 Å². The molecule has 4 aliphatic carbocycles. The zero-order valence-corrected chi connectivity index (χ0v) is 20.3. The van der Waals surface area contributed by atoms with Gasteiger partial charge >= 0.3 is 11.9 Å². The van der Waals surface area contributed by atoms with E-state index in [2.05, 4.69) is 42.8 Å². The van der Waals surface area contributed by atoms with Crippen LogP contribution in [0.4, 0.5) is 0 Å². The first-order valence-corrected chi connectivity index (χ1v) is 12.2. The van der Waals surface area contributed by atoms with Gasteiger partial charge in [0.2, 0.25) is 0 Å². The number of fused-ring (bicyclic) bond motifs is 5. The highest BCUT2D eigenvalue weighted by Crippen LogP contribution is 2.74. The first kappa shape index (κ1) is 22.3. The van der Waals surface area contributed by atoms with Crippen LogP contribution in [0.2, 0.25) is 0 Å². The third-order valence-electron chi connectivity index (χ3n) is 8.97. The highest BCUT2D eigenvalue weighted by molar-refractivity contribution is 9.09.